The molecule has 1 atom stereocenters. The van der Waals surface area contributed by atoms with E-state index in [1.165, 1.54) is 0 Å². The first-order valence-corrected chi connectivity index (χ1v) is 8.57. The summed E-state index contributed by atoms with van der Waals surface area (Å²) in [5, 5.41) is 3.13. The van der Waals surface area contributed by atoms with Crippen LogP contribution in [0.15, 0.2) is 52.2 Å². The lowest BCUT2D eigenvalue weighted by Crippen LogP contribution is -2.36. The van der Waals surface area contributed by atoms with E-state index in [1.54, 1.807) is 7.11 Å². The molecule has 6 nitrogen and oxygen atoms in total. The Morgan fingerprint density at radius 1 is 1.19 bits per heavy atom. The summed E-state index contributed by atoms with van der Waals surface area (Å²) in [7, 11) is 3.48. The summed E-state index contributed by atoms with van der Waals surface area (Å²) in [6.07, 6.45) is 5.82. The zero-order chi connectivity index (χ0) is 18.3. The van der Waals surface area contributed by atoms with Gasteiger partial charge in [0.05, 0.1) is 36.4 Å². The van der Waals surface area contributed by atoms with Gasteiger partial charge in [0, 0.05) is 24.5 Å². The maximum absolute atomic E-state index is 5.29. The molecule has 132 valence electrons. The van der Waals surface area contributed by atoms with Crippen LogP contribution in [0, 0.1) is 0 Å². The number of benzene rings is 1. The average molecular weight is 347 g/mol. The van der Waals surface area contributed by atoms with Crippen LogP contribution in [0.3, 0.4) is 0 Å². The number of aromatic nitrogens is 1. The molecule has 2 aliphatic heterocycles. The molecule has 4 rings (SSSR count). The van der Waals surface area contributed by atoms with Crippen molar-refractivity contribution in [1.29, 1.82) is 0 Å². The normalized spacial score (nSPS) is 17.8. The number of amidine groups is 1. The Morgan fingerprint density at radius 3 is 2.81 bits per heavy atom. The van der Waals surface area contributed by atoms with Gasteiger partial charge in [-0.25, -0.2) is 4.98 Å². The number of hydrogen-bond donors (Lipinski definition) is 1. The molecular weight excluding hydrogens is 326 g/mol. The summed E-state index contributed by atoms with van der Waals surface area (Å²) >= 11 is 0. The quantitative estimate of drug-likeness (QED) is 0.911. The number of methoxy groups -OCH3 is 1. The topological polar surface area (TPSA) is 62.1 Å². The highest BCUT2D eigenvalue weighted by Crippen LogP contribution is 2.39. The number of rotatable bonds is 3. The summed E-state index contributed by atoms with van der Waals surface area (Å²) in [5.41, 5.74) is 6.06. The molecule has 26 heavy (non-hydrogen) atoms. The first kappa shape index (κ1) is 16.3. The Bertz CT molecular complexity index is 961. The number of allylic oxidation sites excluding steroid dienone is 1. The number of nitrogens with one attached hydrogen (secondary N) is 1. The van der Waals surface area contributed by atoms with E-state index in [1.807, 2.05) is 31.6 Å². The van der Waals surface area contributed by atoms with Crippen LogP contribution in [0.1, 0.15) is 13.8 Å². The molecule has 0 spiro atoms. The number of ether oxygens (including phenoxy) is 1. The molecule has 6 heteroatoms. The van der Waals surface area contributed by atoms with Crippen molar-refractivity contribution in [2.75, 3.05) is 24.4 Å². The van der Waals surface area contributed by atoms with E-state index in [9.17, 15) is 0 Å². The van der Waals surface area contributed by atoms with Crippen LogP contribution in [-0.2, 0) is 0 Å². The Labute approximate surface area is 153 Å². The molecule has 2 aliphatic rings. The van der Waals surface area contributed by atoms with Crippen molar-refractivity contribution < 1.29 is 4.74 Å². The van der Waals surface area contributed by atoms with E-state index in [2.05, 4.69) is 57.2 Å². The van der Waals surface area contributed by atoms with Gasteiger partial charge in [0.2, 0.25) is 5.88 Å². The highest BCUT2D eigenvalue weighted by Gasteiger charge is 2.25. The van der Waals surface area contributed by atoms with Gasteiger partial charge in [0.1, 0.15) is 0 Å². The third-order valence-corrected chi connectivity index (χ3v) is 4.58. The van der Waals surface area contributed by atoms with Crippen LogP contribution in [0.2, 0.25) is 0 Å². The van der Waals surface area contributed by atoms with Gasteiger partial charge in [-0.3, -0.25) is 14.9 Å². The van der Waals surface area contributed by atoms with Gasteiger partial charge < -0.3 is 10.1 Å². The van der Waals surface area contributed by atoms with Crippen LogP contribution in [0.25, 0.3) is 11.1 Å². The van der Waals surface area contributed by atoms with Gasteiger partial charge in [-0.15, -0.1) is 0 Å². The second kappa shape index (κ2) is 6.29. The Morgan fingerprint density at radius 2 is 2.04 bits per heavy atom. The van der Waals surface area contributed by atoms with Crippen molar-refractivity contribution in [3.05, 3.63) is 42.2 Å². The minimum Gasteiger partial charge on any atom is -0.480 e. The minimum absolute atomic E-state index is 0.168. The fraction of sp³-hybridized carbons (Fsp3) is 0.250. The van der Waals surface area contributed by atoms with Crippen LogP contribution >= 0.6 is 0 Å². The predicted molar refractivity (Wildman–Crippen MR) is 107 cm³/mol. The molecule has 2 aromatic rings. The Balaban J connectivity index is 1.80. The van der Waals surface area contributed by atoms with Gasteiger partial charge in [-0.05, 0) is 43.7 Å². The molecule has 0 radical (unpaired) electrons. The molecule has 3 heterocycles. The minimum atomic E-state index is 0.168. The molecule has 0 saturated heterocycles. The summed E-state index contributed by atoms with van der Waals surface area (Å²) in [6.45, 7) is 4.19. The molecule has 1 aromatic carbocycles. The molecule has 1 unspecified atom stereocenters. The van der Waals surface area contributed by atoms with Crippen molar-refractivity contribution in [2.45, 2.75) is 19.9 Å². The van der Waals surface area contributed by atoms with Gasteiger partial charge in [-0.2, -0.15) is 0 Å². The van der Waals surface area contributed by atoms with Gasteiger partial charge in [-0.1, -0.05) is 6.07 Å². The lowest BCUT2D eigenvalue weighted by atomic mass is 10.0. The largest absolute Gasteiger partial charge is 0.480 e. The number of hydrogen-bond acceptors (Lipinski definition) is 6. The average Bonchev–Trinajstić information content (AvgIpc) is 2.66. The van der Waals surface area contributed by atoms with E-state index < -0.39 is 0 Å². The molecule has 0 aliphatic carbocycles. The Kier molecular flexibility index (Phi) is 3.95. The van der Waals surface area contributed by atoms with Crippen molar-refractivity contribution >= 4 is 29.1 Å². The Hall–Kier alpha value is -3.15. The number of nitrogens with zero attached hydrogens (tertiary/aromatic N) is 4. The lowest BCUT2D eigenvalue weighted by molar-refractivity contribution is 0.400. The SMILES string of the molecule is CNc1cc(-c2ccc3c(c2)N2C(C)=CC(C)N=C2C=N3)cnc1OC. The van der Waals surface area contributed by atoms with Gasteiger partial charge in [0.15, 0.2) is 5.84 Å². The van der Waals surface area contributed by atoms with Crippen molar-refractivity contribution in [3.63, 3.8) is 0 Å². The first-order valence-electron chi connectivity index (χ1n) is 8.57. The molecule has 0 saturated carbocycles. The van der Waals surface area contributed by atoms with Crippen molar-refractivity contribution in [1.82, 2.24) is 4.98 Å². The zero-order valence-corrected chi connectivity index (χ0v) is 15.3. The highest BCUT2D eigenvalue weighted by molar-refractivity contribution is 6.39. The van der Waals surface area contributed by atoms with Crippen molar-refractivity contribution in [3.8, 4) is 17.0 Å². The predicted octanol–water partition coefficient (Wildman–Crippen LogP) is 4.03. The fourth-order valence-corrected chi connectivity index (χ4v) is 3.38. The molecule has 1 N–H and O–H groups in total. The van der Waals surface area contributed by atoms with Gasteiger partial charge in [0.25, 0.3) is 0 Å². The van der Waals surface area contributed by atoms with Gasteiger partial charge >= 0.3 is 0 Å². The summed E-state index contributed by atoms with van der Waals surface area (Å²) in [4.78, 5) is 15.8. The lowest BCUT2D eigenvalue weighted by Gasteiger charge is -2.33. The van der Waals surface area contributed by atoms with Crippen LogP contribution < -0.4 is 15.0 Å². The van der Waals surface area contributed by atoms with E-state index >= 15 is 0 Å². The molecular formula is C20H21N5O. The second-order valence-corrected chi connectivity index (χ2v) is 6.36. The number of pyridine rings is 1. The molecule has 0 amide bonds. The first-order chi connectivity index (χ1) is 12.6. The number of aliphatic imine (C=N–C) groups is 2. The van der Waals surface area contributed by atoms with E-state index in [4.69, 9.17) is 4.74 Å². The maximum atomic E-state index is 5.29. The summed E-state index contributed by atoms with van der Waals surface area (Å²) in [6, 6.07) is 8.44. The maximum Gasteiger partial charge on any atom is 0.237 e. The number of anilines is 2. The van der Waals surface area contributed by atoms with E-state index in [-0.39, 0.29) is 6.04 Å². The second-order valence-electron chi connectivity index (χ2n) is 6.36. The molecule has 0 bridgehead atoms. The third-order valence-electron chi connectivity index (χ3n) is 4.58. The van der Waals surface area contributed by atoms with Crippen molar-refractivity contribution in [2.24, 2.45) is 9.98 Å². The molecule has 1 aromatic heterocycles. The smallest absolute Gasteiger partial charge is 0.237 e. The summed E-state index contributed by atoms with van der Waals surface area (Å²) in [5.74, 6) is 1.46. The summed E-state index contributed by atoms with van der Waals surface area (Å²) < 4.78 is 5.29. The fourth-order valence-electron chi connectivity index (χ4n) is 3.38. The third kappa shape index (κ3) is 2.63. The molecule has 0 fully saturated rings. The zero-order valence-electron chi connectivity index (χ0n) is 15.3. The highest BCUT2D eigenvalue weighted by atomic mass is 16.5. The van der Waals surface area contributed by atoms with Crippen LogP contribution in [0.4, 0.5) is 17.1 Å². The van der Waals surface area contributed by atoms with E-state index in [0.29, 0.717) is 5.88 Å². The van der Waals surface area contributed by atoms with Crippen LogP contribution in [-0.4, -0.2) is 37.2 Å². The standard InChI is InChI=1S/C20H21N5O/c1-12-7-13(2)25-18-9-14(5-6-16(18)22-11-19(25)24-12)15-8-17(21-3)20(26-4)23-10-15/h5-12,21H,1-4H3. The monoisotopic (exact) mass is 347 g/mol. The van der Waals surface area contributed by atoms with Crippen LogP contribution in [0.5, 0.6) is 5.88 Å². The number of fused-ring (bicyclic) bond motifs is 3. The van der Waals surface area contributed by atoms with E-state index in [0.717, 1.165) is 39.7 Å².